The van der Waals surface area contributed by atoms with Crippen LogP contribution in [0.1, 0.15) is 34.2 Å². The number of thiophene rings is 1. The van der Waals surface area contributed by atoms with Crippen LogP contribution in [0.25, 0.3) is 16.2 Å². The molecule has 9 nitrogen and oxygen atoms in total. The van der Waals surface area contributed by atoms with Gasteiger partial charge in [-0.1, -0.05) is 13.0 Å². The van der Waals surface area contributed by atoms with E-state index in [1.54, 1.807) is 29.1 Å². The quantitative estimate of drug-likeness (QED) is 0.509. The molecule has 0 saturated heterocycles. The van der Waals surface area contributed by atoms with Crippen LogP contribution in [0.3, 0.4) is 0 Å². The van der Waals surface area contributed by atoms with Gasteiger partial charge in [-0.05, 0) is 23.9 Å². The lowest BCUT2D eigenvalue weighted by molar-refractivity contribution is 0.0945. The highest BCUT2D eigenvalue weighted by Gasteiger charge is 2.21. The average Bonchev–Trinajstić information content (AvgIpc) is 3.45. The Balaban J connectivity index is 1.65. The number of aromatic nitrogens is 5. The summed E-state index contributed by atoms with van der Waals surface area (Å²) in [7, 11) is 1.65. The van der Waals surface area contributed by atoms with Crippen LogP contribution in [0, 0.1) is 0 Å². The number of fused-ring (bicyclic) bond motifs is 1. The van der Waals surface area contributed by atoms with E-state index in [1.165, 1.54) is 17.1 Å². The molecule has 148 valence electrons. The molecule has 2 N–H and O–H groups in total. The molecule has 0 aliphatic heterocycles. The van der Waals surface area contributed by atoms with Crippen molar-refractivity contribution in [3.8, 4) is 10.6 Å². The standard InChI is InChI=1S/C19H19N7O2S/c1-3-7-21-19(28)16-13(11-22-25(16)2)24-18(27)12-10-23-26-14(6-8-20-17(12)26)15-5-4-9-29-15/h4-6,8-11H,3,7H2,1-2H3,(H,21,28)(H,24,27). The first-order valence-corrected chi connectivity index (χ1v) is 9.96. The smallest absolute Gasteiger partial charge is 0.271 e. The van der Waals surface area contributed by atoms with Crippen LogP contribution in [0.5, 0.6) is 0 Å². The van der Waals surface area contributed by atoms with Gasteiger partial charge in [0.25, 0.3) is 11.8 Å². The lowest BCUT2D eigenvalue weighted by Gasteiger charge is -2.08. The number of hydrogen-bond acceptors (Lipinski definition) is 6. The molecule has 0 radical (unpaired) electrons. The maximum atomic E-state index is 12.9. The molecular formula is C19H19N7O2S. The Bertz CT molecular complexity index is 1180. The molecule has 4 rings (SSSR count). The number of aryl methyl sites for hydroxylation is 1. The van der Waals surface area contributed by atoms with Crippen LogP contribution in [0.15, 0.2) is 42.2 Å². The number of nitrogens with zero attached hydrogens (tertiary/aromatic N) is 5. The van der Waals surface area contributed by atoms with Crippen LogP contribution in [-0.4, -0.2) is 42.7 Å². The summed E-state index contributed by atoms with van der Waals surface area (Å²) < 4.78 is 3.07. The highest BCUT2D eigenvalue weighted by atomic mass is 32.1. The molecule has 0 aromatic carbocycles. The lowest BCUT2D eigenvalue weighted by Crippen LogP contribution is -2.27. The van der Waals surface area contributed by atoms with Crippen molar-refractivity contribution in [1.82, 2.24) is 29.7 Å². The van der Waals surface area contributed by atoms with Crippen LogP contribution in [0.4, 0.5) is 5.69 Å². The molecule has 10 heteroatoms. The first-order chi connectivity index (χ1) is 14.1. The van der Waals surface area contributed by atoms with Crippen molar-refractivity contribution in [1.29, 1.82) is 0 Å². The predicted molar refractivity (Wildman–Crippen MR) is 110 cm³/mol. The summed E-state index contributed by atoms with van der Waals surface area (Å²) in [6.45, 7) is 2.51. The fourth-order valence-corrected chi connectivity index (χ4v) is 3.71. The molecule has 4 heterocycles. The van der Waals surface area contributed by atoms with Crippen LogP contribution in [-0.2, 0) is 7.05 Å². The zero-order valence-corrected chi connectivity index (χ0v) is 16.7. The van der Waals surface area contributed by atoms with Crippen LogP contribution in [0.2, 0.25) is 0 Å². The summed E-state index contributed by atoms with van der Waals surface area (Å²) in [5, 5.41) is 16.0. The van der Waals surface area contributed by atoms with Gasteiger partial charge in [0.2, 0.25) is 0 Å². The average molecular weight is 409 g/mol. The molecule has 0 atom stereocenters. The van der Waals surface area contributed by atoms with Gasteiger partial charge in [-0.15, -0.1) is 11.3 Å². The molecule has 0 fully saturated rings. The number of amides is 2. The van der Waals surface area contributed by atoms with Gasteiger partial charge in [-0.3, -0.25) is 14.3 Å². The number of carbonyl (C=O) groups excluding carboxylic acids is 2. The maximum Gasteiger partial charge on any atom is 0.271 e. The molecule has 4 aromatic heterocycles. The second kappa shape index (κ2) is 7.84. The van der Waals surface area contributed by atoms with Crippen LogP contribution >= 0.6 is 11.3 Å². The van der Waals surface area contributed by atoms with Gasteiger partial charge >= 0.3 is 0 Å². The van der Waals surface area contributed by atoms with Gasteiger partial charge in [0.1, 0.15) is 11.3 Å². The summed E-state index contributed by atoms with van der Waals surface area (Å²) in [6, 6.07) is 5.79. The summed E-state index contributed by atoms with van der Waals surface area (Å²) in [4.78, 5) is 30.7. The van der Waals surface area contributed by atoms with Crippen molar-refractivity contribution in [2.45, 2.75) is 13.3 Å². The number of rotatable bonds is 6. The van der Waals surface area contributed by atoms with Crippen molar-refractivity contribution in [3.63, 3.8) is 0 Å². The largest absolute Gasteiger partial charge is 0.351 e. The zero-order valence-electron chi connectivity index (χ0n) is 15.9. The van der Waals surface area contributed by atoms with Gasteiger partial charge in [0, 0.05) is 19.8 Å². The number of nitrogens with one attached hydrogen (secondary N) is 2. The first-order valence-electron chi connectivity index (χ1n) is 9.08. The Hall–Kier alpha value is -3.53. The van der Waals surface area contributed by atoms with E-state index in [1.807, 2.05) is 30.5 Å². The molecule has 0 saturated carbocycles. The van der Waals surface area contributed by atoms with Crippen molar-refractivity contribution in [2.75, 3.05) is 11.9 Å². The number of hydrogen-bond donors (Lipinski definition) is 2. The minimum absolute atomic E-state index is 0.288. The van der Waals surface area contributed by atoms with Gasteiger partial charge in [0.05, 0.1) is 28.7 Å². The van der Waals surface area contributed by atoms with E-state index in [4.69, 9.17) is 0 Å². The second-order valence-electron chi connectivity index (χ2n) is 6.34. The Morgan fingerprint density at radius 3 is 2.79 bits per heavy atom. The minimum atomic E-state index is -0.409. The van der Waals surface area contributed by atoms with Crippen molar-refractivity contribution in [2.24, 2.45) is 7.05 Å². The van der Waals surface area contributed by atoms with Gasteiger partial charge in [0.15, 0.2) is 5.65 Å². The highest BCUT2D eigenvalue weighted by molar-refractivity contribution is 7.13. The van der Waals surface area contributed by atoms with Crippen molar-refractivity contribution in [3.05, 3.63) is 53.4 Å². The SMILES string of the molecule is CCCNC(=O)c1c(NC(=O)c2cnn3c(-c4cccs4)ccnc23)cnn1C. The fourth-order valence-electron chi connectivity index (χ4n) is 2.97. The molecule has 0 bridgehead atoms. The normalized spacial score (nSPS) is 11.0. The van der Waals surface area contributed by atoms with Crippen molar-refractivity contribution >= 4 is 34.5 Å². The lowest BCUT2D eigenvalue weighted by atomic mass is 10.2. The molecule has 0 unspecified atom stereocenters. The Morgan fingerprint density at radius 2 is 2.03 bits per heavy atom. The third kappa shape index (κ3) is 3.49. The molecule has 0 aliphatic rings. The minimum Gasteiger partial charge on any atom is -0.351 e. The van der Waals surface area contributed by atoms with Gasteiger partial charge in [-0.25, -0.2) is 9.50 Å². The summed E-state index contributed by atoms with van der Waals surface area (Å²) in [5.41, 5.74) is 2.22. The van der Waals surface area contributed by atoms with E-state index in [0.29, 0.717) is 23.4 Å². The first kappa shape index (κ1) is 18.8. The third-order valence-electron chi connectivity index (χ3n) is 4.36. The maximum absolute atomic E-state index is 12.9. The van der Waals surface area contributed by atoms with Crippen molar-refractivity contribution < 1.29 is 9.59 Å². The number of anilines is 1. The Labute approximate surface area is 170 Å². The van der Waals surface area contributed by atoms with E-state index < -0.39 is 5.91 Å². The van der Waals surface area contributed by atoms with E-state index >= 15 is 0 Å². The highest BCUT2D eigenvalue weighted by Crippen LogP contribution is 2.25. The summed E-state index contributed by atoms with van der Waals surface area (Å²) in [5.74, 6) is -0.700. The monoisotopic (exact) mass is 409 g/mol. The fraction of sp³-hybridized carbons (Fsp3) is 0.211. The molecular weight excluding hydrogens is 390 g/mol. The topological polar surface area (TPSA) is 106 Å². The molecule has 4 aromatic rings. The Morgan fingerprint density at radius 1 is 1.17 bits per heavy atom. The summed E-state index contributed by atoms with van der Waals surface area (Å²) >= 11 is 1.58. The molecule has 2 amide bonds. The zero-order chi connectivity index (χ0) is 20.4. The van der Waals surface area contributed by atoms with Gasteiger partial charge < -0.3 is 10.6 Å². The number of carbonyl (C=O) groups is 2. The van der Waals surface area contributed by atoms with E-state index in [0.717, 1.165) is 17.0 Å². The predicted octanol–water partition coefficient (Wildman–Crippen LogP) is 2.58. The van der Waals surface area contributed by atoms with E-state index in [-0.39, 0.29) is 11.6 Å². The van der Waals surface area contributed by atoms with Crippen LogP contribution < -0.4 is 10.6 Å². The third-order valence-corrected chi connectivity index (χ3v) is 5.25. The molecule has 0 aliphatic carbocycles. The molecule has 29 heavy (non-hydrogen) atoms. The molecule has 0 spiro atoms. The summed E-state index contributed by atoms with van der Waals surface area (Å²) in [6.07, 6.45) is 5.39. The second-order valence-corrected chi connectivity index (χ2v) is 7.29. The Kier molecular flexibility index (Phi) is 5.09. The van der Waals surface area contributed by atoms with Gasteiger partial charge in [-0.2, -0.15) is 10.2 Å². The van der Waals surface area contributed by atoms with E-state index in [2.05, 4.69) is 25.8 Å². The van der Waals surface area contributed by atoms with E-state index in [9.17, 15) is 9.59 Å².